The molecule has 11 heteroatoms. The summed E-state index contributed by atoms with van der Waals surface area (Å²) in [6.07, 6.45) is 3.72. The maximum Gasteiger partial charge on any atom is 0.251 e. The molecule has 1 fully saturated rings. The third-order valence-electron chi connectivity index (χ3n) is 7.08. The molecule has 6 rings (SSSR count). The van der Waals surface area contributed by atoms with Crippen molar-refractivity contribution in [3.05, 3.63) is 78.3 Å². The molecule has 2 aliphatic heterocycles. The second-order valence-corrected chi connectivity index (χ2v) is 9.62. The van der Waals surface area contributed by atoms with Gasteiger partial charge in [0.1, 0.15) is 19.0 Å². The zero-order valence-electron chi connectivity index (χ0n) is 21.6. The zero-order chi connectivity index (χ0) is 27.6. The van der Waals surface area contributed by atoms with Gasteiger partial charge in [0.15, 0.2) is 23.0 Å². The van der Waals surface area contributed by atoms with Crippen LogP contribution in [0.3, 0.4) is 0 Å². The molecule has 0 spiro atoms. The molecule has 1 atom stereocenters. The van der Waals surface area contributed by atoms with Crippen molar-refractivity contribution in [1.29, 1.82) is 0 Å². The van der Waals surface area contributed by atoms with Crippen molar-refractivity contribution >= 4 is 28.7 Å². The highest BCUT2D eigenvalue weighted by atomic mass is 19.1. The molecule has 204 valence electrons. The number of carbonyl (C=O) groups is 2. The summed E-state index contributed by atoms with van der Waals surface area (Å²) in [4.78, 5) is 30.8. The number of pyridine rings is 1. The fourth-order valence-corrected chi connectivity index (χ4v) is 5.02. The summed E-state index contributed by atoms with van der Waals surface area (Å²) in [5.74, 6) is 0.812. The molecule has 2 aromatic heterocycles. The first kappa shape index (κ1) is 25.4. The van der Waals surface area contributed by atoms with Crippen LogP contribution in [-0.2, 0) is 11.3 Å². The second-order valence-electron chi connectivity index (χ2n) is 9.62. The van der Waals surface area contributed by atoms with E-state index in [-0.39, 0.29) is 24.4 Å². The van der Waals surface area contributed by atoms with Crippen molar-refractivity contribution in [1.82, 2.24) is 25.4 Å². The Morgan fingerprint density at radius 3 is 2.83 bits per heavy atom. The van der Waals surface area contributed by atoms with Gasteiger partial charge < -0.3 is 25.0 Å². The second kappa shape index (κ2) is 10.7. The number of anilines is 1. The van der Waals surface area contributed by atoms with Crippen LogP contribution in [0.5, 0.6) is 11.5 Å². The minimum atomic E-state index is -0.447. The number of nitrogens with zero attached hydrogens (tertiary/aromatic N) is 3. The third-order valence-corrected chi connectivity index (χ3v) is 7.08. The number of halogens is 1. The third kappa shape index (κ3) is 4.93. The Hall–Kier alpha value is -4.93. The predicted octanol–water partition coefficient (Wildman–Crippen LogP) is 3.66. The van der Waals surface area contributed by atoms with Crippen LogP contribution < -0.4 is 20.1 Å². The number of amides is 2. The van der Waals surface area contributed by atoms with Crippen LogP contribution in [0.1, 0.15) is 22.3 Å². The van der Waals surface area contributed by atoms with Crippen molar-refractivity contribution in [2.45, 2.75) is 19.0 Å². The predicted molar refractivity (Wildman–Crippen MR) is 147 cm³/mol. The van der Waals surface area contributed by atoms with E-state index in [1.165, 1.54) is 12.1 Å². The van der Waals surface area contributed by atoms with Crippen LogP contribution >= 0.6 is 0 Å². The smallest absolute Gasteiger partial charge is 0.251 e. The number of carbonyl (C=O) groups excluding carboxylic acids is 2. The van der Waals surface area contributed by atoms with Gasteiger partial charge in [-0.2, -0.15) is 5.10 Å². The standard InChI is InChI=1S/C29H27FN6O4/c1-2-25(37)36-10-8-20(16-36)33-28-26-21(7-9-31-27(26)34-35-28)17-3-4-19(22(30)13-17)15-32-29(38)18-5-6-23-24(14-18)40-12-11-39-23/h2-7,9,13-14,20H,1,8,10-12,15-16H2,(H,32,38)(H2,31,33,34,35). The Labute approximate surface area is 229 Å². The van der Waals surface area contributed by atoms with Crippen LogP contribution in [-0.4, -0.2) is 64.2 Å². The molecule has 0 bridgehead atoms. The van der Waals surface area contributed by atoms with Crippen LogP contribution in [0.4, 0.5) is 10.2 Å². The van der Waals surface area contributed by atoms with Crippen LogP contribution in [0.2, 0.25) is 0 Å². The average molecular weight is 543 g/mol. The first-order chi connectivity index (χ1) is 19.5. The summed E-state index contributed by atoms with van der Waals surface area (Å²) in [5, 5.41) is 14.2. The molecular formula is C29H27FN6O4. The maximum atomic E-state index is 15.2. The maximum absolute atomic E-state index is 15.2. The number of aromatic amines is 1. The summed E-state index contributed by atoms with van der Waals surface area (Å²) < 4.78 is 26.3. The summed E-state index contributed by atoms with van der Waals surface area (Å²) in [6, 6.07) is 11.7. The number of hydrogen-bond acceptors (Lipinski definition) is 7. The van der Waals surface area contributed by atoms with Gasteiger partial charge in [-0.15, -0.1) is 0 Å². The minimum Gasteiger partial charge on any atom is -0.486 e. The first-order valence-electron chi connectivity index (χ1n) is 13.0. The first-order valence-corrected chi connectivity index (χ1v) is 13.0. The molecule has 2 amide bonds. The number of likely N-dealkylation sites (tertiary alicyclic amines) is 1. The molecule has 40 heavy (non-hydrogen) atoms. The highest BCUT2D eigenvalue weighted by molar-refractivity contribution is 6.00. The lowest BCUT2D eigenvalue weighted by molar-refractivity contribution is -0.125. The number of ether oxygens (including phenoxy) is 2. The molecule has 0 radical (unpaired) electrons. The number of rotatable bonds is 7. The van der Waals surface area contributed by atoms with Gasteiger partial charge in [-0.3, -0.25) is 14.7 Å². The molecule has 4 heterocycles. The summed E-state index contributed by atoms with van der Waals surface area (Å²) >= 11 is 0. The van der Waals surface area contributed by atoms with Crippen LogP contribution in [0.15, 0.2) is 61.3 Å². The SMILES string of the molecule is C=CC(=O)N1CCC(Nc2n[nH]c3nccc(-c4ccc(CNC(=O)c5ccc6c(c5)OCCO6)c(F)c4)c23)C1. The number of nitrogens with one attached hydrogen (secondary N) is 3. The van der Waals surface area contributed by atoms with E-state index in [1.54, 1.807) is 41.4 Å². The number of fused-ring (bicyclic) bond motifs is 2. The topological polar surface area (TPSA) is 121 Å². The monoisotopic (exact) mass is 542 g/mol. The van der Waals surface area contributed by atoms with Gasteiger partial charge in [0, 0.05) is 43.0 Å². The van der Waals surface area contributed by atoms with Gasteiger partial charge in [-0.05, 0) is 54.0 Å². The van der Waals surface area contributed by atoms with Crippen LogP contribution in [0.25, 0.3) is 22.2 Å². The van der Waals surface area contributed by atoms with Gasteiger partial charge in [-0.25, -0.2) is 9.37 Å². The normalized spacial score (nSPS) is 16.1. The fourth-order valence-electron chi connectivity index (χ4n) is 5.02. The van der Waals surface area contributed by atoms with Crippen LogP contribution in [0, 0.1) is 5.82 Å². The zero-order valence-corrected chi connectivity index (χ0v) is 21.6. The van der Waals surface area contributed by atoms with E-state index in [1.807, 2.05) is 6.07 Å². The molecule has 1 unspecified atom stereocenters. The Balaban J connectivity index is 1.18. The number of aromatic nitrogens is 3. The van der Waals surface area contributed by atoms with Gasteiger partial charge >= 0.3 is 0 Å². The number of H-pyrrole nitrogens is 1. The molecule has 3 N–H and O–H groups in total. The van der Waals surface area contributed by atoms with Crippen molar-refractivity contribution in [3.8, 4) is 22.6 Å². The molecular weight excluding hydrogens is 515 g/mol. The van der Waals surface area contributed by atoms with Crippen molar-refractivity contribution < 1.29 is 23.5 Å². The minimum absolute atomic E-state index is 0.0142. The Morgan fingerprint density at radius 1 is 1.15 bits per heavy atom. The molecule has 2 aromatic carbocycles. The molecule has 4 aromatic rings. The summed E-state index contributed by atoms with van der Waals surface area (Å²) in [7, 11) is 0. The molecule has 10 nitrogen and oxygen atoms in total. The molecule has 1 saturated heterocycles. The molecule has 0 aliphatic carbocycles. The Kier molecular flexibility index (Phi) is 6.77. The van der Waals surface area contributed by atoms with E-state index in [0.29, 0.717) is 66.0 Å². The average Bonchev–Trinajstić information content (AvgIpc) is 3.63. The van der Waals surface area contributed by atoms with Gasteiger partial charge in [-0.1, -0.05) is 18.7 Å². The quantitative estimate of drug-likeness (QED) is 0.305. The number of hydrogen-bond donors (Lipinski definition) is 3. The lowest BCUT2D eigenvalue weighted by atomic mass is 10.0. The largest absolute Gasteiger partial charge is 0.486 e. The highest BCUT2D eigenvalue weighted by Gasteiger charge is 2.26. The van der Waals surface area contributed by atoms with Gasteiger partial charge in [0.25, 0.3) is 5.91 Å². The Bertz CT molecular complexity index is 1620. The Morgan fingerprint density at radius 2 is 2.00 bits per heavy atom. The fraction of sp³-hybridized carbons (Fsp3) is 0.241. The van der Waals surface area contributed by atoms with Gasteiger partial charge in [0.05, 0.1) is 5.39 Å². The lowest BCUT2D eigenvalue weighted by Crippen LogP contribution is -2.30. The van der Waals surface area contributed by atoms with E-state index < -0.39 is 5.82 Å². The van der Waals surface area contributed by atoms with E-state index >= 15 is 4.39 Å². The van der Waals surface area contributed by atoms with Crippen molar-refractivity contribution in [2.75, 3.05) is 31.6 Å². The summed E-state index contributed by atoms with van der Waals surface area (Å²) in [6.45, 7) is 5.64. The van der Waals surface area contributed by atoms with E-state index in [4.69, 9.17) is 9.47 Å². The molecule has 0 saturated carbocycles. The number of benzene rings is 2. The van der Waals surface area contributed by atoms with Gasteiger partial charge in [0.2, 0.25) is 5.91 Å². The van der Waals surface area contributed by atoms with E-state index in [2.05, 4.69) is 32.4 Å². The lowest BCUT2D eigenvalue weighted by Gasteiger charge is -2.18. The highest BCUT2D eigenvalue weighted by Crippen LogP contribution is 2.34. The van der Waals surface area contributed by atoms with E-state index in [9.17, 15) is 9.59 Å². The van der Waals surface area contributed by atoms with E-state index in [0.717, 1.165) is 17.4 Å². The van der Waals surface area contributed by atoms with Crippen molar-refractivity contribution in [3.63, 3.8) is 0 Å². The summed E-state index contributed by atoms with van der Waals surface area (Å²) in [5.41, 5.74) is 2.71. The molecule has 2 aliphatic rings. The van der Waals surface area contributed by atoms with Crippen molar-refractivity contribution in [2.24, 2.45) is 0 Å².